The summed E-state index contributed by atoms with van der Waals surface area (Å²) in [5, 5.41) is 12.3. The average Bonchev–Trinajstić information content (AvgIpc) is 2.27. The van der Waals surface area contributed by atoms with Gasteiger partial charge in [-0.3, -0.25) is 15.1 Å². The van der Waals surface area contributed by atoms with Gasteiger partial charge in [0.05, 0.1) is 10.3 Å². The first-order valence-corrected chi connectivity index (χ1v) is 4.74. The van der Waals surface area contributed by atoms with Crippen LogP contribution < -0.4 is 5.46 Å². The summed E-state index contributed by atoms with van der Waals surface area (Å²) in [7, 11) is 0.860. The summed E-state index contributed by atoms with van der Waals surface area (Å²) in [6.45, 7) is 2.03. The number of hydrogen-bond acceptors (Lipinski definition) is 3. The predicted octanol–water partition coefficient (Wildman–Crippen LogP) is 1.25. The lowest BCUT2D eigenvalue weighted by molar-refractivity contribution is -0.383. The van der Waals surface area contributed by atoms with Gasteiger partial charge in [-0.1, -0.05) is 18.4 Å². The Labute approximate surface area is 87.3 Å². The lowest BCUT2D eigenvalue weighted by Crippen LogP contribution is -2.12. The molecule has 0 aliphatic heterocycles. The van der Waals surface area contributed by atoms with Crippen molar-refractivity contribution in [3.63, 3.8) is 0 Å². The van der Waals surface area contributed by atoms with Crippen LogP contribution in [0.15, 0.2) is 30.6 Å². The molecule has 1 aromatic heterocycles. The largest absolute Gasteiger partial charge is 0.278 e. The Bertz CT molecular complexity index is 528. The van der Waals surface area contributed by atoms with E-state index in [4.69, 9.17) is 0 Å². The second-order valence-corrected chi connectivity index (χ2v) is 3.28. The van der Waals surface area contributed by atoms with Crippen molar-refractivity contribution in [3.05, 3.63) is 40.7 Å². The van der Waals surface area contributed by atoms with E-state index < -0.39 is 0 Å². The molecule has 15 heavy (non-hydrogen) atoms. The van der Waals surface area contributed by atoms with Crippen molar-refractivity contribution in [3.8, 4) is 0 Å². The van der Waals surface area contributed by atoms with Crippen LogP contribution in [0.3, 0.4) is 0 Å². The van der Waals surface area contributed by atoms with E-state index in [-0.39, 0.29) is 10.6 Å². The van der Waals surface area contributed by atoms with Crippen LogP contribution in [0.1, 0.15) is 0 Å². The molecule has 2 aromatic rings. The quantitative estimate of drug-likeness (QED) is 0.416. The fourth-order valence-electron chi connectivity index (χ4n) is 1.71. The Hall–Kier alpha value is -1.91. The van der Waals surface area contributed by atoms with Crippen molar-refractivity contribution in [2.75, 3.05) is 0 Å². The number of rotatable bonds is 2. The molecule has 4 nitrogen and oxygen atoms in total. The summed E-state index contributed by atoms with van der Waals surface area (Å²) in [5.41, 5.74) is 1.23. The van der Waals surface area contributed by atoms with Crippen LogP contribution in [-0.2, 0) is 0 Å². The SMILES string of the molecule is CBc1ccc([N+](=O)[O-])c2cnccc12. The van der Waals surface area contributed by atoms with Gasteiger partial charge in [0.25, 0.3) is 5.69 Å². The molecule has 74 valence electrons. The Kier molecular flexibility index (Phi) is 2.37. The van der Waals surface area contributed by atoms with Crippen molar-refractivity contribution in [1.82, 2.24) is 4.98 Å². The van der Waals surface area contributed by atoms with Gasteiger partial charge in [0, 0.05) is 18.5 Å². The highest BCUT2D eigenvalue weighted by Gasteiger charge is 2.13. The van der Waals surface area contributed by atoms with Crippen molar-refractivity contribution in [2.24, 2.45) is 0 Å². The van der Waals surface area contributed by atoms with E-state index in [2.05, 4.69) is 4.98 Å². The molecule has 0 bridgehead atoms. The highest BCUT2D eigenvalue weighted by molar-refractivity contribution is 6.55. The van der Waals surface area contributed by atoms with Gasteiger partial charge < -0.3 is 0 Å². The molecule has 0 radical (unpaired) electrons. The number of nitrogens with zero attached hydrogens (tertiary/aromatic N) is 2. The number of non-ortho nitro benzene ring substituents is 1. The molecule has 0 atom stereocenters. The van der Waals surface area contributed by atoms with Crippen LogP contribution >= 0.6 is 0 Å². The first kappa shape index (κ1) is 9.64. The molecule has 1 heterocycles. The molecule has 5 heteroatoms. The first-order chi connectivity index (χ1) is 7.24. The van der Waals surface area contributed by atoms with Crippen LogP contribution in [0.4, 0.5) is 5.69 Å². The molecular weight excluding hydrogens is 191 g/mol. The van der Waals surface area contributed by atoms with Gasteiger partial charge in [0.2, 0.25) is 0 Å². The van der Waals surface area contributed by atoms with Gasteiger partial charge >= 0.3 is 0 Å². The fourth-order valence-corrected chi connectivity index (χ4v) is 1.71. The number of aromatic nitrogens is 1. The molecule has 0 unspecified atom stereocenters. The topological polar surface area (TPSA) is 56.0 Å². The van der Waals surface area contributed by atoms with E-state index in [1.807, 2.05) is 12.9 Å². The zero-order chi connectivity index (χ0) is 10.8. The maximum absolute atomic E-state index is 10.8. The third kappa shape index (κ3) is 1.56. The Morgan fingerprint density at radius 3 is 2.80 bits per heavy atom. The molecule has 0 saturated heterocycles. The minimum atomic E-state index is -0.372. The van der Waals surface area contributed by atoms with E-state index in [1.54, 1.807) is 24.5 Å². The van der Waals surface area contributed by atoms with Gasteiger partial charge in [-0.05, 0) is 11.5 Å². The summed E-state index contributed by atoms with van der Waals surface area (Å²) >= 11 is 0. The van der Waals surface area contributed by atoms with Gasteiger partial charge in [0.15, 0.2) is 7.28 Å². The number of pyridine rings is 1. The molecule has 1 aromatic carbocycles. The molecule has 0 spiro atoms. The van der Waals surface area contributed by atoms with E-state index in [0.717, 1.165) is 18.1 Å². The zero-order valence-corrected chi connectivity index (χ0v) is 8.30. The van der Waals surface area contributed by atoms with Crippen molar-refractivity contribution >= 4 is 29.2 Å². The van der Waals surface area contributed by atoms with E-state index in [1.165, 1.54) is 0 Å². The first-order valence-electron chi connectivity index (χ1n) is 4.74. The summed E-state index contributed by atoms with van der Waals surface area (Å²) in [4.78, 5) is 14.3. The lowest BCUT2D eigenvalue weighted by Gasteiger charge is -2.03. The van der Waals surface area contributed by atoms with Gasteiger partial charge in [-0.15, -0.1) is 0 Å². The van der Waals surface area contributed by atoms with Crippen molar-refractivity contribution in [1.29, 1.82) is 0 Å². The number of nitro groups is 1. The van der Waals surface area contributed by atoms with Crippen molar-refractivity contribution in [2.45, 2.75) is 6.82 Å². The van der Waals surface area contributed by atoms with Gasteiger partial charge in [0.1, 0.15) is 0 Å². The molecule has 0 aliphatic rings. The maximum atomic E-state index is 10.8. The molecule has 0 aliphatic carbocycles. The Morgan fingerprint density at radius 2 is 2.13 bits per heavy atom. The normalized spacial score (nSPS) is 10.2. The second-order valence-electron chi connectivity index (χ2n) is 3.28. The summed E-state index contributed by atoms with van der Waals surface area (Å²) in [5.74, 6) is 0. The third-order valence-corrected chi connectivity index (χ3v) is 2.46. The van der Waals surface area contributed by atoms with Crippen LogP contribution in [0.2, 0.25) is 6.82 Å². The molecule has 0 fully saturated rings. The van der Waals surface area contributed by atoms with E-state index >= 15 is 0 Å². The predicted molar refractivity (Wildman–Crippen MR) is 61.0 cm³/mol. The third-order valence-electron chi connectivity index (χ3n) is 2.46. The zero-order valence-electron chi connectivity index (χ0n) is 8.30. The highest BCUT2D eigenvalue weighted by Crippen LogP contribution is 2.22. The van der Waals surface area contributed by atoms with Crippen molar-refractivity contribution < 1.29 is 4.92 Å². The molecule has 0 saturated carbocycles. The van der Waals surface area contributed by atoms with E-state index in [9.17, 15) is 10.1 Å². The fraction of sp³-hybridized carbons (Fsp3) is 0.100. The molecule has 2 rings (SSSR count). The minimum Gasteiger partial charge on any atom is -0.264 e. The Morgan fingerprint density at radius 1 is 1.33 bits per heavy atom. The second kappa shape index (κ2) is 3.69. The maximum Gasteiger partial charge on any atom is 0.278 e. The monoisotopic (exact) mass is 200 g/mol. The standard InChI is InChI=1S/C10H9BN2O2/c1-11-9-2-3-10(13(14)15)8-6-12-5-4-7(8)9/h2-6,11H,1H3. The van der Waals surface area contributed by atoms with Gasteiger partial charge in [-0.25, -0.2) is 0 Å². The van der Waals surface area contributed by atoms with Crippen LogP contribution in [0.25, 0.3) is 10.8 Å². The Balaban J connectivity index is 2.83. The smallest absolute Gasteiger partial charge is 0.264 e. The number of benzene rings is 1. The summed E-state index contributed by atoms with van der Waals surface area (Å²) in [6.07, 6.45) is 3.21. The molecule has 0 amide bonds. The number of nitro benzene ring substituents is 1. The van der Waals surface area contributed by atoms with Crippen LogP contribution in [-0.4, -0.2) is 17.2 Å². The summed E-state index contributed by atoms with van der Waals surface area (Å²) < 4.78 is 0. The van der Waals surface area contributed by atoms with E-state index in [0.29, 0.717) is 5.39 Å². The highest BCUT2D eigenvalue weighted by atomic mass is 16.6. The average molecular weight is 200 g/mol. The van der Waals surface area contributed by atoms with Crippen LogP contribution in [0, 0.1) is 10.1 Å². The number of hydrogen-bond donors (Lipinski definition) is 0. The summed E-state index contributed by atoms with van der Waals surface area (Å²) in [6, 6.07) is 5.17. The molecule has 0 N–H and O–H groups in total. The van der Waals surface area contributed by atoms with Gasteiger partial charge in [-0.2, -0.15) is 0 Å². The lowest BCUT2D eigenvalue weighted by atomic mass is 9.71. The number of fused-ring (bicyclic) bond motifs is 1. The molecular formula is C10H9BN2O2. The minimum absolute atomic E-state index is 0.121. The van der Waals surface area contributed by atoms with Crippen LogP contribution in [0.5, 0.6) is 0 Å².